The Kier molecular flexibility index (Phi) is 48.7. The van der Waals surface area contributed by atoms with Gasteiger partial charge in [0.25, 0.3) is 0 Å². The molecule has 1 saturated carbocycles. The van der Waals surface area contributed by atoms with E-state index in [0.717, 1.165) is 38.5 Å². The van der Waals surface area contributed by atoms with Gasteiger partial charge in [-0.1, -0.05) is 231 Å². The van der Waals surface area contributed by atoms with Gasteiger partial charge in [0.15, 0.2) is 0 Å². The maximum atomic E-state index is 13.6. The number of allylic oxidation sites excluding steroid dienone is 6. The summed E-state index contributed by atoms with van der Waals surface area (Å²) < 4.78 is 0. The molecule has 0 atom stereocenters. The van der Waals surface area contributed by atoms with Crippen molar-refractivity contribution in [1.29, 1.82) is 0 Å². The second-order valence-electron chi connectivity index (χ2n) is 21.5. The first-order valence-corrected chi connectivity index (χ1v) is 30.8. The van der Waals surface area contributed by atoms with Crippen LogP contribution in [0.15, 0.2) is 36.5 Å². The molecule has 0 unspecified atom stereocenters. The lowest BCUT2D eigenvalue weighted by atomic mass is 9.74. The van der Waals surface area contributed by atoms with Crippen LogP contribution in [0.25, 0.3) is 0 Å². The van der Waals surface area contributed by atoms with Crippen LogP contribution in [-0.2, 0) is 14.4 Å². The predicted molar refractivity (Wildman–Crippen MR) is 302 cm³/mol. The largest absolute Gasteiger partial charge is 0.356 e. The Bertz CT molecular complexity index is 1070. The highest BCUT2D eigenvalue weighted by Crippen LogP contribution is 2.34. The van der Waals surface area contributed by atoms with Crippen molar-refractivity contribution in [2.45, 2.75) is 310 Å². The Morgan fingerprint density at radius 1 is 0.275 bits per heavy atom. The number of hydrogen-bond donors (Lipinski definition) is 3. The lowest BCUT2D eigenvalue weighted by Crippen LogP contribution is -2.45. The van der Waals surface area contributed by atoms with Gasteiger partial charge in [-0.3, -0.25) is 14.4 Å². The van der Waals surface area contributed by atoms with Gasteiger partial charge in [-0.25, -0.2) is 0 Å². The Balaban J connectivity index is 2.39. The molecule has 0 saturated heterocycles. The van der Waals surface area contributed by atoms with E-state index in [1.807, 2.05) is 0 Å². The molecule has 6 heteroatoms. The second kappa shape index (κ2) is 52.0. The lowest BCUT2D eigenvalue weighted by Gasteiger charge is -2.33. The normalized spacial score (nSPS) is 16.3. The number of unbranched alkanes of at least 4 members (excludes halogenated alkanes) is 36. The van der Waals surface area contributed by atoms with Gasteiger partial charge >= 0.3 is 0 Å². The summed E-state index contributed by atoms with van der Waals surface area (Å²) in [4.78, 5) is 40.7. The highest BCUT2D eigenvalue weighted by Gasteiger charge is 2.38. The van der Waals surface area contributed by atoms with Gasteiger partial charge < -0.3 is 16.0 Å². The van der Waals surface area contributed by atoms with Crippen LogP contribution in [0.5, 0.6) is 0 Å². The van der Waals surface area contributed by atoms with Crippen molar-refractivity contribution < 1.29 is 14.4 Å². The zero-order chi connectivity index (χ0) is 49.8. The van der Waals surface area contributed by atoms with Gasteiger partial charge in [-0.05, 0) is 116 Å². The molecule has 0 radical (unpaired) electrons. The average Bonchev–Trinajstić information content (AvgIpc) is 3.36. The van der Waals surface area contributed by atoms with Crippen LogP contribution in [0.4, 0.5) is 0 Å². The molecule has 0 aromatic heterocycles. The molecule has 6 nitrogen and oxygen atoms in total. The topological polar surface area (TPSA) is 87.3 Å². The highest BCUT2D eigenvalue weighted by molar-refractivity contribution is 5.86. The van der Waals surface area contributed by atoms with E-state index in [9.17, 15) is 14.4 Å². The van der Waals surface area contributed by atoms with Gasteiger partial charge in [0.1, 0.15) is 0 Å². The molecule has 3 N–H and O–H groups in total. The molecule has 1 aliphatic rings. The standard InChI is InChI=1S/C63H117N3O3/c1-4-7-10-13-16-19-22-25-28-31-34-37-40-43-46-49-52-64-61(67)58-55-59(62(68)65-53-50-47-44-41-38-35-32-29-26-23-20-17-14-11-8-5-2)57-60(56-58)63(69)66-54-51-48-45-42-39-36-33-30-27-24-21-18-15-12-9-6-3/h25-30,58-60H,4-24,31-57H2,1-3H3,(H,64,67)(H,65,68)(H,66,69). The summed E-state index contributed by atoms with van der Waals surface area (Å²) in [6, 6.07) is 0. The van der Waals surface area contributed by atoms with Crippen molar-refractivity contribution in [1.82, 2.24) is 16.0 Å². The molecular formula is C63H117N3O3. The summed E-state index contributed by atoms with van der Waals surface area (Å²) in [5, 5.41) is 9.63. The van der Waals surface area contributed by atoms with E-state index in [1.165, 1.54) is 231 Å². The van der Waals surface area contributed by atoms with Crippen LogP contribution in [0.1, 0.15) is 310 Å². The Morgan fingerprint density at radius 3 is 0.652 bits per heavy atom. The number of rotatable bonds is 51. The molecule has 3 amide bonds. The maximum Gasteiger partial charge on any atom is 0.223 e. The van der Waals surface area contributed by atoms with Gasteiger partial charge in [0, 0.05) is 37.4 Å². The second-order valence-corrected chi connectivity index (χ2v) is 21.5. The van der Waals surface area contributed by atoms with Crippen molar-refractivity contribution in [3.05, 3.63) is 36.5 Å². The number of hydrogen-bond acceptors (Lipinski definition) is 3. The fraction of sp³-hybridized carbons (Fsp3) is 0.857. The number of nitrogens with one attached hydrogen (secondary N) is 3. The molecule has 402 valence electrons. The number of amides is 3. The first-order chi connectivity index (χ1) is 34.0. The smallest absolute Gasteiger partial charge is 0.223 e. The van der Waals surface area contributed by atoms with Crippen LogP contribution in [0.2, 0.25) is 0 Å². The maximum absolute atomic E-state index is 13.6. The Morgan fingerprint density at radius 2 is 0.449 bits per heavy atom. The van der Waals surface area contributed by atoms with Gasteiger partial charge in [-0.2, -0.15) is 0 Å². The lowest BCUT2D eigenvalue weighted by molar-refractivity contribution is -0.134. The van der Waals surface area contributed by atoms with Crippen molar-refractivity contribution in [2.24, 2.45) is 17.8 Å². The predicted octanol–water partition coefficient (Wildman–Crippen LogP) is 18.5. The average molecular weight is 965 g/mol. The molecule has 0 aromatic rings. The van der Waals surface area contributed by atoms with Gasteiger partial charge in [0.05, 0.1) is 0 Å². The van der Waals surface area contributed by atoms with E-state index in [0.29, 0.717) is 38.9 Å². The van der Waals surface area contributed by atoms with Gasteiger partial charge in [-0.15, -0.1) is 0 Å². The molecule has 1 fully saturated rings. The first-order valence-electron chi connectivity index (χ1n) is 30.8. The fourth-order valence-corrected chi connectivity index (χ4v) is 10.1. The van der Waals surface area contributed by atoms with E-state index in [2.05, 4.69) is 73.2 Å². The zero-order valence-corrected chi connectivity index (χ0v) is 46.4. The molecule has 0 bridgehead atoms. The summed E-state index contributed by atoms with van der Waals surface area (Å²) in [7, 11) is 0. The summed E-state index contributed by atoms with van der Waals surface area (Å²) >= 11 is 0. The molecule has 1 aliphatic carbocycles. The van der Waals surface area contributed by atoms with Crippen molar-refractivity contribution >= 4 is 17.7 Å². The Labute approximate surface area is 429 Å². The van der Waals surface area contributed by atoms with Crippen molar-refractivity contribution in [2.75, 3.05) is 19.6 Å². The minimum Gasteiger partial charge on any atom is -0.356 e. The fourth-order valence-electron chi connectivity index (χ4n) is 10.1. The summed E-state index contributed by atoms with van der Waals surface area (Å²) in [6.07, 6.45) is 69.1. The van der Waals surface area contributed by atoms with Gasteiger partial charge in [0.2, 0.25) is 17.7 Å². The zero-order valence-electron chi connectivity index (χ0n) is 46.4. The molecule has 0 spiro atoms. The van der Waals surface area contributed by atoms with E-state index >= 15 is 0 Å². The molecule has 0 aliphatic heterocycles. The molecular weight excluding hydrogens is 847 g/mol. The Hall–Kier alpha value is -2.37. The van der Waals surface area contributed by atoms with E-state index < -0.39 is 0 Å². The SMILES string of the molecule is CCCCCCCCC=CCCCCCCCCNC(=O)C1CC(C(=O)NCCCCCCCCC=CCCCCCCCC)CC(C(=O)NCCCCCCCCC=CCCCCCCCC)C1. The third kappa shape index (κ3) is 43.0. The van der Waals surface area contributed by atoms with Crippen LogP contribution >= 0.6 is 0 Å². The van der Waals surface area contributed by atoms with Crippen LogP contribution in [0.3, 0.4) is 0 Å². The molecule has 0 heterocycles. The summed E-state index contributed by atoms with van der Waals surface area (Å²) in [5.41, 5.74) is 0. The summed E-state index contributed by atoms with van der Waals surface area (Å²) in [5.74, 6) is -0.806. The van der Waals surface area contributed by atoms with Crippen LogP contribution in [0, 0.1) is 17.8 Å². The van der Waals surface area contributed by atoms with Crippen molar-refractivity contribution in [3.8, 4) is 0 Å². The first kappa shape index (κ1) is 64.6. The molecule has 0 aromatic carbocycles. The van der Waals surface area contributed by atoms with Crippen LogP contribution in [-0.4, -0.2) is 37.4 Å². The van der Waals surface area contributed by atoms with Crippen LogP contribution < -0.4 is 16.0 Å². The summed E-state index contributed by atoms with van der Waals surface area (Å²) in [6.45, 7) is 8.86. The highest BCUT2D eigenvalue weighted by atomic mass is 16.2. The van der Waals surface area contributed by atoms with E-state index in [4.69, 9.17) is 0 Å². The quantitative estimate of drug-likeness (QED) is 0.0419. The van der Waals surface area contributed by atoms with E-state index in [-0.39, 0.29) is 35.5 Å². The molecule has 1 rings (SSSR count). The number of carbonyl (C=O) groups is 3. The number of carbonyl (C=O) groups excluding carboxylic acids is 3. The third-order valence-corrected chi connectivity index (χ3v) is 14.8. The molecule has 69 heavy (non-hydrogen) atoms. The minimum atomic E-state index is -0.296. The van der Waals surface area contributed by atoms with Crippen molar-refractivity contribution in [3.63, 3.8) is 0 Å². The van der Waals surface area contributed by atoms with E-state index in [1.54, 1.807) is 0 Å². The monoisotopic (exact) mass is 964 g/mol. The minimum absolute atomic E-state index is 0.0274. The third-order valence-electron chi connectivity index (χ3n) is 14.8.